The molecule has 2 fully saturated rings. The number of aromatic amines is 1. The number of nitrogens with one attached hydrogen (secondary N) is 1. The predicted octanol–water partition coefficient (Wildman–Crippen LogP) is 5.88. The molecule has 0 saturated carbocycles. The molecule has 1 N–H and O–H groups in total. The summed E-state index contributed by atoms with van der Waals surface area (Å²) in [7, 11) is 0. The maximum Gasteiger partial charge on any atom is 0.272 e. The summed E-state index contributed by atoms with van der Waals surface area (Å²) in [6, 6.07) is 13.5. The van der Waals surface area contributed by atoms with Gasteiger partial charge in [0.15, 0.2) is 5.78 Å². The number of rotatable bonds is 6. The van der Waals surface area contributed by atoms with E-state index in [1.165, 1.54) is 18.4 Å². The van der Waals surface area contributed by atoms with Crippen LogP contribution in [0.3, 0.4) is 0 Å². The number of hydrogen-bond acceptors (Lipinski definition) is 4. The van der Waals surface area contributed by atoms with Crippen LogP contribution in [-0.4, -0.2) is 62.5 Å². The highest BCUT2D eigenvalue weighted by Crippen LogP contribution is 2.38. The third-order valence-corrected chi connectivity index (χ3v) is 8.99. The minimum Gasteiger partial charge on any atom is -0.352 e. The Hall–Kier alpha value is -3.74. The second-order valence-electron chi connectivity index (χ2n) is 12.7. The topological polar surface area (TPSA) is 86.4 Å². The molecule has 3 aromatic rings. The van der Waals surface area contributed by atoms with Crippen molar-refractivity contribution in [1.29, 1.82) is 0 Å². The van der Waals surface area contributed by atoms with E-state index in [0.717, 1.165) is 35.7 Å². The summed E-state index contributed by atoms with van der Waals surface area (Å²) in [5, 5.41) is 0.987. The zero-order valence-corrected chi connectivity index (χ0v) is 23.7. The molecule has 7 nitrogen and oxygen atoms in total. The Morgan fingerprint density at radius 2 is 1.80 bits per heavy atom. The number of pyridine rings is 1. The maximum absolute atomic E-state index is 13.9. The van der Waals surface area contributed by atoms with Crippen LogP contribution in [0.4, 0.5) is 0 Å². The number of carbonyl (C=O) groups is 3. The molecule has 2 bridgehead atoms. The van der Waals surface area contributed by atoms with Gasteiger partial charge in [0.05, 0.1) is 23.7 Å². The number of nitrogens with zero attached hydrogens (tertiary/aromatic N) is 3. The molecular weight excluding hydrogens is 500 g/mol. The van der Waals surface area contributed by atoms with E-state index in [1.54, 1.807) is 0 Å². The number of amides is 2. The lowest BCUT2D eigenvalue weighted by molar-refractivity contribution is -0.141. The number of para-hydroxylation sites is 1. The van der Waals surface area contributed by atoms with Crippen LogP contribution >= 0.6 is 0 Å². The number of hydrogen-bond donors (Lipinski definition) is 1. The van der Waals surface area contributed by atoms with E-state index in [0.29, 0.717) is 24.5 Å². The van der Waals surface area contributed by atoms with Crippen LogP contribution in [0, 0.1) is 11.3 Å². The summed E-state index contributed by atoms with van der Waals surface area (Å²) < 4.78 is 0. The van der Waals surface area contributed by atoms with Crippen LogP contribution in [0.1, 0.15) is 85.8 Å². The number of likely N-dealkylation sites (tertiary alicyclic amines) is 2. The molecule has 2 saturated heterocycles. The smallest absolute Gasteiger partial charge is 0.272 e. The minimum absolute atomic E-state index is 0.0137. The van der Waals surface area contributed by atoms with Crippen molar-refractivity contribution >= 4 is 34.1 Å². The molecule has 4 heterocycles. The average molecular weight is 539 g/mol. The molecule has 208 valence electrons. The number of aromatic nitrogens is 2. The highest BCUT2D eigenvalue weighted by atomic mass is 16.2. The van der Waals surface area contributed by atoms with Crippen molar-refractivity contribution in [1.82, 2.24) is 19.8 Å². The monoisotopic (exact) mass is 538 g/mol. The third-order valence-electron chi connectivity index (χ3n) is 8.99. The summed E-state index contributed by atoms with van der Waals surface area (Å²) in [6.07, 6.45) is 9.64. The van der Waals surface area contributed by atoms with Crippen LogP contribution in [0.15, 0.2) is 54.7 Å². The van der Waals surface area contributed by atoms with Gasteiger partial charge in [-0.15, -0.1) is 0 Å². The molecule has 1 aliphatic carbocycles. The summed E-state index contributed by atoms with van der Waals surface area (Å²) in [5.41, 5.74) is 3.97. The second kappa shape index (κ2) is 10.3. The Morgan fingerprint density at radius 1 is 1.02 bits per heavy atom. The highest BCUT2D eigenvalue weighted by Gasteiger charge is 2.50. The Labute approximate surface area is 235 Å². The van der Waals surface area contributed by atoms with E-state index < -0.39 is 5.92 Å². The fourth-order valence-corrected chi connectivity index (χ4v) is 6.63. The van der Waals surface area contributed by atoms with Gasteiger partial charge in [-0.1, -0.05) is 51.1 Å². The minimum atomic E-state index is -0.446. The van der Waals surface area contributed by atoms with E-state index in [-0.39, 0.29) is 41.5 Å². The van der Waals surface area contributed by atoms with Gasteiger partial charge < -0.3 is 14.8 Å². The lowest BCUT2D eigenvalue weighted by Gasteiger charge is -2.39. The van der Waals surface area contributed by atoms with Crippen molar-refractivity contribution < 1.29 is 14.4 Å². The molecule has 0 spiro atoms. The van der Waals surface area contributed by atoms with E-state index >= 15 is 0 Å². The first-order chi connectivity index (χ1) is 19.2. The molecule has 2 aromatic heterocycles. The Balaban J connectivity index is 1.12. The van der Waals surface area contributed by atoms with Gasteiger partial charge in [0.25, 0.3) is 5.91 Å². The molecular formula is C33H38N4O3. The number of carbonyl (C=O) groups excluding carboxylic acids is 3. The molecule has 0 radical (unpaired) electrons. The van der Waals surface area contributed by atoms with Crippen molar-refractivity contribution in [3.8, 4) is 0 Å². The van der Waals surface area contributed by atoms with Gasteiger partial charge >= 0.3 is 0 Å². The first-order valence-electron chi connectivity index (χ1n) is 14.6. The van der Waals surface area contributed by atoms with Gasteiger partial charge in [0, 0.05) is 36.6 Å². The number of Topliss-reactive ketones (excluding diaryl/α,β-unsaturated/α-hetero) is 1. The number of benzene rings is 1. The van der Waals surface area contributed by atoms with E-state index in [4.69, 9.17) is 0 Å². The Kier molecular flexibility index (Phi) is 6.85. The van der Waals surface area contributed by atoms with Gasteiger partial charge in [-0.3, -0.25) is 19.4 Å². The molecule has 7 heteroatoms. The van der Waals surface area contributed by atoms with E-state index in [1.807, 2.05) is 79.2 Å². The van der Waals surface area contributed by atoms with Crippen molar-refractivity contribution in [2.45, 2.75) is 71.4 Å². The standard InChI is InChI=1S/C33H38N4O3/c1-33(2,3)26(17-30(38)29-15-22-11-7-8-12-27(22)35-29)31(39)36-19-25-16-24(36)20-37(25)32(40)28-14-13-23(18-34-28)21-9-5-4-6-10-21/h7-9,11-15,18,24-26,35H,4-6,10,16-17,19-20H2,1-3H3/t24-,25-,26+/m0/s1. The fraction of sp³-hybridized carbons (Fsp3) is 0.455. The van der Waals surface area contributed by atoms with Crippen LogP contribution in [-0.2, 0) is 4.79 Å². The lowest BCUT2D eigenvalue weighted by atomic mass is 9.76. The number of piperazine rings is 1. The molecule has 0 unspecified atom stereocenters. The third kappa shape index (κ3) is 4.98. The molecule has 2 amide bonds. The molecule has 3 atom stereocenters. The zero-order chi connectivity index (χ0) is 28.0. The van der Waals surface area contributed by atoms with Crippen molar-refractivity contribution in [2.24, 2.45) is 11.3 Å². The molecule has 1 aromatic carbocycles. The average Bonchev–Trinajstić information content (AvgIpc) is 3.69. The normalized spacial score (nSPS) is 21.5. The molecule has 3 aliphatic rings. The Morgan fingerprint density at radius 3 is 2.45 bits per heavy atom. The van der Waals surface area contributed by atoms with Crippen molar-refractivity contribution in [3.05, 3.63) is 71.7 Å². The molecule has 2 aliphatic heterocycles. The summed E-state index contributed by atoms with van der Waals surface area (Å²) in [5.74, 6) is -0.549. The fourth-order valence-electron chi connectivity index (χ4n) is 6.63. The van der Waals surface area contributed by atoms with E-state index in [2.05, 4.69) is 16.0 Å². The lowest BCUT2D eigenvalue weighted by Crippen LogP contribution is -2.53. The molecule has 6 rings (SSSR count). The zero-order valence-electron chi connectivity index (χ0n) is 23.7. The number of fused-ring (bicyclic) bond motifs is 3. The van der Waals surface area contributed by atoms with Crippen molar-refractivity contribution in [3.63, 3.8) is 0 Å². The Bertz CT molecular complexity index is 1450. The van der Waals surface area contributed by atoms with E-state index in [9.17, 15) is 14.4 Å². The number of H-pyrrole nitrogens is 1. The summed E-state index contributed by atoms with van der Waals surface area (Å²) in [6.45, 7) is 7.09. The largest absolute Gasteiger partial charge is 0.352 e. The summed E-state index contributed by atoms with van der Waals surface area (Å²) in [4.78, 5) is 52.1. The first kappa shape index (κ1) is 26.5. The first-order valence-corrected chi connectivity index (χ1v) is 14.6. The number of allylic oxidation sites excluding steroid dienone is 2. The van der Waals surface area contributed by atoms with Gasteiger partial charge in [-0.05, 0) is 66.9 Å². The quantitative estimate of drug-likeness (QED) is 0.397. The van der Waals surface area contributed by atoms with Crippen LogP contribution in [0.2, 0.25) is 0 Å². The van der Waals surface area contributed by atoms with Gasteiger partial charge in [0.1, 0.15) is 5.69 Å². The van der Waals surface area contributed by atoms with Crippen LogP contribution < -0.4 is 0 Å². The van der Waals surface area contributed by atoms with Gasteiger partial charge in [0.2, 0.25) is 5.91 Å². The highest BCUT2D eigenvalue weighted by molar-refractivity contribution is 6.01. The van der Waals surface area contributed by atoms with Crippen molar-refractivity contribution in [2.75, 3.05) is 13.1 Å². The van der Waals surface area contributed by atoms with Crippen LogP contribution in [0.5, 0.6) is 0 Å². The summed E-state index contributed by atoms with van der Waals surface area (Å²) >= 11 is 0. The van der Waals surface area contributed by atoms with Crippen LogP contribution in [0.25, 0.3) is 16.5 Å². The number of ketones is 1. The SMILES string of the molecule is CC(C)(C)[C@H](CC(=O)c1cc2ccccc2[nH]1)C(=O)N1C[C@@H]2C[C@H]1CN2C(=O)c1ccc(C2=CCCCC2)cn1. The maximum atomic E-state index is 13.9. The predicted molar refractivity (Wildman–Crippen MR) is 156 cm³/mol. The second-order valence-corrected chi connectivity index (χ2v) is 12.7. The van der Waals surface area contributed by atoms with Gasteiger partial charge in [-0.25, -0.2) is 0 Å². The molecule has 40 heavy (non-hydrogen) atoms. The van der Waals surface area contributed by atoms with Gasteiger partial charge in [-0.2, -0.15) is 0 Å².